The highest BCUT2D eigenvalue weighted by molar-refractivity contribution is 7.89. The van der Waals surface area contributed by atoms with E-state index in [2.05, 4.69) is 4.72 Å². The van der Waals surface area contributed by atoms with Crippen molar-refractivity contribution in [2.45, 2.75) is 38.5 Å². The standard InChI is InChI=1S/C14H24N2O3S/c1-4-7-19-8-5-6-16-20(17,18)14-10-12(3)11(2)9-13(14)15/h9-10,16H,4-8,15H2,1-3H3. The molecule has 1 aromatic rings. The lowest BCUT2D eigenvalue weighted by molar-refractivity contribution is 0.133. The predicted molar refractivity (Wildman–Crippen MR) is 81.2 cm³/mol. The molecule has 20 heavy (non-hydrogen) atoms. The van der Waals surface area contributed by atoms with E-state index in [1.165, 1.54) is 0 Å². The van der Waals surface area contributed by atoms with E-state index in [4.69, 9.17) is 10.5 Å². The topological polar surface area (TPSA) is 81.4 Å². The van der Waals surface area contributed by atoms with Crippen LogP contribution in [-0.2, 0) is 14.8 Å². The minimum Gasteiger partial charge on any atom is -0.398 e. The second-order valence-corrected chi connectivity index (χ2v) is 6.57. The van der Waals surface area contributed by atoms with Crippen LogP contribution >= 0.6 is 0 Å². The molecule has 0 fully saturated rings. The van der Waals surface area contributed by atoms with Crippen molar-refractivity contribution in [2.75, 3.05) is 25.5 Å². The van der Waals surface area contributed by atoms with Gasteiger partial charge in [-0.25, -0.2) is 13.1 Å². The fourth-order valence-electron chi connectivity index (χ4n) is 1.75. The Labute approximate surface area is 121 Å². The van der Waals surface area contributed by atoms with E-state index < -0.39 is 10.0 Å². The van der Waals surface area contributed by atoms with E-state index >= 15 is 0 Å². The highest BCUT2D eigenvalue weighted by atomic mass is 32.2. The molecule has 0 heterocycles. The van der Waals surface area contributed by atoms with Gasteiger partial charge in [-0.2, -0.15) is 0 Å². The van der Waals surface area contributed by atoms with Crippen LogP contribution in [0.1, 0.15) is 30.9 Å². The van der Waals surface area contributed by atoms with Crippen molar-refractivity contribution in [2.24, 2.45) is 0 Å². The maximum atomic E-state index is 12.2. The van der Waals surface area contributed by atoms with E-state index in [9.17, 15) is 8.42 Å². The largest absolute Gasteiger partial charge is 0.398 e. The molecule has 0 unspecified atom stereocenters. The van der Waals surface area contributed by atoms with E-state index in [0.29, 0.717) is 26.2 Å². The Kier molecular flexibility index (Phi) is 6.45. The van der Waals surface area contributed by atoms with Gasteiger partial charge in [-0.15, -0.1) is 0 Å². The molecule has 0 atom stereocenters. The van der Waals surface area contributed by atoms with E-state index in [1.54, 1.807) is 12.1 Å². The van der Waals surface area contributed by atoms with Crippen molar-refractivity contribution >= 4 is 15.7 Å². The first-order valence-corrected chi connectivity index (χ1v) is 8.31. The molecular weight excluding hydrogens is 276 g/mol. The summed E-state index contributed by atoms with van der Waals surface area (Å²) in [5.41, 5.74) is 7.97. The molecular formula is C14H24N2O3S. The van der Waals surface area contributed by atoms with Crippen LogP contribution in [0.4, 0.5) is 5.69 Å². The van der Waals surface area contributed by atoms with Gasteiger partial charge >= 0.3 is 0 Å². The van der Waals surface area contributed by atoms with Crippen LogP contribution in [0.15, 0.2) is 17.0 Å². The molecule has 0 bridgehead atoms. The average Bonchev–Trinajstić information content (AvgIpc) is 2.37. The van der Waals surface area contributed by atoms with Gasteiger partial charge in [0.25, 0.3) is 0 Å². The number of anilines is 1. The van der Waals surface area contributed by atoms with Crippen LogP contribution in [0.25, 0.3) is 0 Å². The van der Waals surface area contributed by atoms with Crippen molar-refractivity contribution < 1.29 is 13.2 Å². The van der Waals surface area contributed by atoms with Gasteiger partial charge in [-0.3, -0.25) is 0 Å². The molecule has 0 aliphatic rings. The smallest absolute Gasteiger partial charge is 0.242 e. The number of nitrogen functional groups attached to an aromatic ring is 1. The zero-order valence-electron chi connectivity index (χ0n) is 12.4. The molecule has 0 aromatic heterocycles. The molecule has 6 heteroatoms. The number of ether oxygens (including phenoxy) is 1. The summed E-state index contributed by atoms with van der Waals surface area (Å²) >= 11 is 0. The summed E-state index contributed by atoms with van der Waals surface area (Å²) in [6, 6.07) is 3.30. The van der Waals surface area contributed by atoms with Gasteiger partial charge in [0.05, 0.1) is 5.69 Å². The van der Waals surface area contributed by atoms with Crippen LogP contribution < -0.4 is 10.5 Å². The van der Waals surface area contributed by atoms with Crippen LogP contribution in [-0.4, -0.2) is 28.2 Å². The van der Waals surface area contributed by atoms with Gasteiger partial charge < -0.3 is 10.5 Å². The van der Waals surface area contributed by atoms with Gasteiger partial charge in [0.15, 0.2) is 0 Å². The fourth-order valence-corrected chi connectivity index (χ4v) is 3.02. The van der Waals surface area contributed by atoms with Crippen molar-refractivity contribution in [3.05, 3.63) is 23.3 Å². The number of nitrogens with one attached hydrogen (secondary N) is 1. The third-order valence-corrected chi connectivity index (χ3v) is 4.54. The van der Waals surface area contributed by atoms with Crippen LogP contribution in [0.2, 0.25) is 0 Å². The molecule has 1 rings (SSSR count). The maximum absolute atomic E-state index is 12.2. The first-order valence-electron chi connectivity index (χ1n) is 6.82. The monoisotopic (exact) mass is 300 g/mol. The molecule has 1 aromatic carbocycles. The highest BCUT2D eigenvalue weighted by Gasteiger charge is 2.17. The number of hydrogen-bond acceptors (Lipinski definition) is 4. The molecule has 0 aliphatic carbocycles. The van der Waals surface area contributed by atoms with Crippen LogP contribution in [0, 0.1) is 13.8 Å². The molecule has 0 amide bonds. The lowest BCUT2D eigenvalue weighted by atomic mass is 10.1. The minimum absolute atomic E-state index is 0.148. The minimum atomic E-state index is -3.55. The summed E-state index contributed by atoms with van der Waals surface area (Å²) in [7, 11) is -3.55. The summed E-state index contributed by atoms with van der Waals surface area (Å²) in [5, 5.41) is 0. The van der Waals surface area contributed by atoms with Gasteiger partial charge in [0.2, 0.25) is 10.0 Å². The van der Waals surface area contributed by atoms with Crippen molar-refractivity contribution in [3.63, 3.8) is 0 Å². The number of nitrogens with two attached hydrogens (primary N) is 1. The van der Waals surface area contributed by atoms with Gasteiger partial charge in [0.1, 0.15) is 4.90 Å². The van der Waals surface area contributed by atoms with Crippen LogP contribution in [0.5, 0.6) is 0 Å². The van der Waals surface area contributed by atoms with E-state index in [1.807, 2.05) is 20.8 Å². The number of hydrogen-bond donors (Lipinski definition) is 2. The molecule has 3 N–H and O–H groups in total. The molecule has 0 radical (unpaired) electrons. The molecule has 0 saturated carbocycles. The second-order valence-electron chi connectivity index (χ2n) is 4.84. The molecule has 0 saturated heterocycles. The van der Waals surface area contributed by atoms with Crippen molar-refractivity contribution in [3.8, 4) is 0 Å². The number of benzene rings is 1. The summed E-state index contributed by atoms with van der Waals surface area (Å²) in [6.07, 6.45) is 1.61. The third-order valence-electron chi connectivity index (χ3n) is 3.02. The Balaban J connectivity index is 2.63. The Morgan fingerprint density at radius 2 is 1.85 bits per heavy atom. The lowest BCUT2D eigenvalue weighted by Crippen LogP contribution is -2.26. The maximum Gasteiger partial charge on any atom is 0.242 e. The molecule has 5 nitrogen and oxygen atoms in total. The van der Waals surface area contributed by atoms with Gasteiger partial charge in [0, 0.05) is 19.8 Å². The number of aryl methyl sites for hydroxylation is 2. The zero-order chi connectivity index (χ0) is 15.2. The summed E-state index contributed by atoms with van der Waals surface area (Å²) in [4.78, 5) is 0.148. The summed E-state index contributed by atoms with van der Waals surface area (Å²) in [6.45, 7) is 7.41. The molecule has 0 spiro atoms. The average molecular weight is 300 g/mol. The first kappa shape index (κ1) is 16.9. The predicted octanol–water partition coefficient (Wildman–Crippen LogP) is 1.98. The SMILES string of the molecule is CCCOCCCNS(=O)(=O)c1cc(C)c(C)cc1N. The summed E-state index contributed by atoms with van der Waals surface area (Å²) < 4.78 is 32.2. The van der Waals surface area contributed by atoms with Gasteiger partial charge in [-0.1, -0.05) is 6.92 Å². The van der Waals surface area contributed by atoms with Crippen LogP contribution in [0.3, 0.4) is 0 Å². The Bertz CT molecular complexity index is 542. The Hall–Kier alpha value is -1.11. The van der Waals surface area contributed by atoms with Gasteiger partial charge in [-0.05, 0) is 49.9 Å². The quantitative estimate of drug-likeness (QED) is 0.568. The highest BCUT2D eigenvalue weighted by Crippen LogP contribution is 2.22. The fraction of sp³-hybridized carbons (Fsp3) is 0.571. The number of rotatable bonds is 8. The van der Waals surface area contributed by atoms with E-state index in [0.717, 1.165) is 17.5 Å². The van der Waals surface area contributed by atoms with Crippen molar-refractivity contribution in [1.82, 2.24) is 4.72 Å². The normalized spacial score (nSPS) is 11.8. The second kappa shape index (κ2) is 7.61. The third kappa shape index (κ3) is 4.77. The zero-order valence-corrected chi connectivity index (χ0v) is 13.2. The van der Waals surface area contributed by atoms with E-state index in [-0.39, 0.29) is 10.6 Å². The Morgan fingerprint density at radius 1 is 1.20 bits per heavy atom. The first-order chi connectivity index (χ1) is 9.38. The van der Waals surface area contributed by atoms with Crippen molar-refractivity contribution in [1.29, 1.82) is 0 Å². The lowest BCUT2D eigenvalue weighted by Gasteiger charge is -2.11. The molecule has 0 aliphatic heterocycles. The number of sulfonamides is 1. The Morgan fingerprint density at radius 3 is 2.50 bits per heavy atom. The molecule has 114 valence electrons. The summed E-state index contributed by atoms with van der Waals surface area (Å²) in [5.74, 6) is 0.